The molecular formula is C15H18F3N3O2. The van der Waals surface area contributed by atoms with Gasteiger partial charge in [0.05, 0.1) is 25.2 Å². The standard InChI is InChI=1S/C15H18F3N3O2/c16-15(17,18)14(4-5-14)9-20-13(19)21-10-2-3-11-12(8-10)23-7-1-6-22-11/h2-3,8H,1,4-7,9H2,(H3,19,20,21). The Labute approximate surface area is 131 Å². The Balaban J connectivity index is 1.65. The molecule has 1 aromatic carbocycles. The summed E-state index contributed by atoms with van der Waals surface area (Å²) >= 11 is 0. The van der Waals surface area contributed by atoms with E-state index >= 15 is 0 Å². The van der Waals surface area contributed by atoms with Crippen LogP contribution in [-0.4, -0.2) is 31.9 Å². The summed E-state index contributed by atoms with van der Waals surface area (Å²) in [5.41, 5.74) is 4.59. The van der Waals surface area contributed by atoms with E-state index in [4.69, 9.17) is 15.2 Å². The fraction of sp³-hybridized carbons (Fsp3) is 0.533. The molecule has 3 rings (SSSR count). The summed E-state index contributed by atoms with van der Waals surface area (Å²) in [5.74, 6) is 1.17. The Morgan fingerprint density at radius 1 is 1.22 bits per heavy atom. The van der Waals surface area contributed by atoms with E-state index in [9.17, 15) is 13.2 Å². The zero-order chi connectivity index (χ0) is 16.5. The van der Waals surface area contributed by atoms with Gasteiger partial charge in [0.2, 0.25) is 0 Å². The average molecular weight is 329 g/mol. The number of hydrogen-bond donors (Lipinski definition) is 2. The molecule has 8 heteroatoms. The number of fused-ring (bicyclic) bond motifs is 1. The maximum Gasteiger partial charge on any atom is 0.396 e. The van der Waals surface area contributed by atoms with Gasteiger partial charge in [-0.1, -0.05) is 0 Å². The van der Waals surface area contributed by atoms with E-state index in [-0.39, 0.29) is 25.3 Å². The van der Waals surface area contributed by atoms with Crippen LogP contribution in [0.2, 0.25) is 0 Å². The lowest BCUT2D eigenvalue weighted by molar-refractivity contribution is -0.183. The van der Waals surface area contributed by atoms with Crippen molar-refractivity contribution in [1.82, 2.24) is 0 Å². The second-order valence-electron chi connectivity index (χ2n) is 5.82. The number of benzene rings is 1. The lowest BCUT2D eigenvalue weighted by Gasteiger charge is -2.17. The first kappa shape index (κ1) is 15.8. The molecule has 0 atom stereocenters. The predicted octanol–water partition coefficient (Wildman–Crippen LogP) is 2.92. The zero-order valence-corrected chi connectivity index (χ0v) is 12.4. The minimum atomic E-state index is -4.23. The minimum absolute atomic E-state index is 0.0463. The zero-order valence-electron chi connectivity index (χ0n) is 12.4. The summed E-state index contributed by atoms with van der Waals surface area (Å²) < 4.78 is 49.6. The van der Waals surface area contributed by atoms with Gasteiger partial charge in [-0.05, 0) is 25.0 Å². The topological polar surface area (TPSA) is 68.9 Å². The van der Waals surface area contributed by atoms with Crippen LogP contribution in [-0.2, 0) is 0 Å². The smallest absolute Gasteiger partial charge is 0.396 e. The van der Waals surface area contributed by atoms with E-state index in [1.807, 2.05) is 0 Å². The number of halogens is 3. The first-order chi connectivity index (χ1) is 10.9. The van der Waals surface area contributed by atoms with E-state index < -0.39 is 11.6 Å². The molecule has 1 heterocycles. The first-order valence-corrected chi connectivity index (χ1v) is 7.43. The van der Waals surface area contributed by atoms with E-state index in [0.717, 1.165) is 6.42 Å². The number of nitrogens with zero attached hydrogens (tertiary/aromatic N) is 1. The minimum Gasteiger partial charge on any atom is -0.490 e. The summed E-state index contributed by atoms with van der Waals surface area (Å²) in [6.45, 7) is 0.789. The van der Waals surface area contributed by atoms with Gasteiger partial charge >= 0.3 is 6.18 Å². The number of alkyl halides is 3. The van der Waals surface area contributed by atoms with Crippen LogP contribution in [0.1, 0.15) is 19.3 Å². The molecule has 1 fully saturated rings. The third kappa shape index (κ3) is 3.46. The quantitative estimate of drug-likeness (QED) is 0.661. The second-order valence-corrected chi connectivity index (χ2v) is 5.82. The fourth-order valence-corrected chi connectivity index (χ4v) is 2.35. The van der Waals surface area contributed by atoms with Crippen molar-refractivity contribution in [3.05, 3.63) is 18.2 Å². The monoisotopic (exact) mass is 329 g/mol. The maximum atomic E-state index is 12.8. The van der Waals surface area contributed by atoms with E-state index in [1.165, 1.54) is 0 Å². The summed E-state index contributed by atoms with van der Waals surface area (Å²) in [6.07, 6.45) is -3.22. The first-order valence-electron chi connectivity index (χ1n) is 7.43. The third-order valence-corrected chi connectivity index (χ3v) is 4.03. The highest BCUT2D eigenvalue weighted by Gasteiger charge is 2.63. The molecule has 0 radical (unpaired) electrons. The maximum absolute atomic E-state index is 12.8. The van der Waals surface area contributed by atoms with E-state index in [0.29, 0.717) is 30.4 Å². The molecule has 1 saturated carbocycles. The van der Waals surface area contributed by atoms with Crippen molar-refractivity contribution in [3.63, 3.8) is 0 Å². The normalized spacial score (nSPS) is 19.9. The van der Waals surface area contributed by atoms with Gasteiger partial charge in [0, 0.05) is 18.2 Å². The molecule has 1 aliphatic carbocycles. The molecule has 0 unspecified atom stereocenters. The van der Waals surface area contributed by atoms with Gasteiger partial charge in [-0.25, -0.2) is 0 Å². The van der Waals surface area contributed by atoms with Gasteiger partial charge in [-0.15, -0.1) is 0 Å². The lowest BCUT2D eigenvalue weighted by Crippen LogP contribution is -2.30. The van der Waals surface area contributed by atoms with Gasteiger partial charge in [-0.2, -0.15) is 13.2 Å². The number of ether oxygens (including phenoxy) is 2. The number of anilines is 1. The van der Waals surface area contributed by atoms with Crippen molar-refractivity contribution in [2.45, 2.75) is 25.4 Å². The summed E-state index contributed by atoms with van der Waals surface area (Å²) in [7, 11) is 0. The van der Waals surface area contributed by atoms with Crippen LogP contribution in [0.5, 0.6) is 11.5 Å². The van der Waals surface area contributed by atoms with Crippen molar-refractivity contribution >= 4 is 11.6 Å². The van der Waals surface area contributed by atoms with Gasteiger partial charge in [0.15, 0.2) is 17.5 Å². The Hall–Kier alpha value is -2.12. The Morgan fingerprint density at radius 3 is 2.57 bits per heavy atom. The second kappa shape index (κ2) is 5.82. The molecule has 2 aliphatic rings. The molecule has 3 N–H and O–H groups in total. The van der Waals surface area contributed by atoms with Crippen LogP contribution in [0, 0.1) is 5.41 Å². The third-order valence-electron chi connectivity index (χ3n) is 4.03. The highest BCUT2D eigenvalue weighted by Crippen LogP contribution is 2.57. The van der Waals surface area contributed by atoms with Crippen LogP contribution >= 0.6 is 0 Å². The summed E-state index contributed by atoms with van der Waals surface area (Å²) in [5, 5.41) is 2.79. The lowest BCUT2D eigenvalue weighted by atomic mass is 10.1. The molecule has 0 aromatic heterocycles. The van der Waals surface area contributed by atoms with Crippen LogP contribution in [0.4, 0.5) is 18.9 Å². The van der Waals surface area contributed by atoms with Gasteiger partial charge < -0.3 is 20.5 Å². The SMILES string of the molecule is NC(=NCC1(C(F)(F)F)CC1)Nc1ccc2c(c1)OCCCO2. The number of aliphatic imine (C=N–C) groups is 1. The molecule has 5 nitrogen and oxygen atoms in total. The van der Waals surface area contributed by atoms with Crippen molar-refractivity contribution in [2.24, 2.45) is 16.1 Å². The Morgan fingerprint density at radius 2 is 1.91 bits per heavy atom. The van der Waals surface area contributed by atoms with Crippen molar-refractivity contribution < 1.29 is 22.6 Å². The largest absolute Gasteiger partial charge is 0.490 e. The summed E-state index contributed by atoms with van der Waals surface area (Å²) in [6, 6.07) is 5.14. The summed E-state index contributed by atoms with van der Waals surface area (Å²) in [4.78, 5) is 3.84. The fourth-order valence-electron chi connectivity index (χ4n) is 2.35. The molecule has 23 heavy (non-hydrogen) atoms. The van der Waals surface area contributed by atoms with E-state index in [2.05, 4.69) is 10.3 Å². The molecule has 0 saturated heterocycles. The molecule has 0 bridgehead atoms. The van der Waals surface area contributed by atoms with Crippen LogP contribution in [0.3, 0.4) is 0 Å². The van der Waals surface area contributed by atoms with Gasteiger partial charge in [0.25, 0.3) is 0 Å². The Bertz CT molecular complexity index is 612. The average Bonchev–Trinajstić information content (AvgIpc) is 3.29. The number of guanidine groups is 1. The highest BCUT2D eigenvalue weighted by atomic mass is 19.4. The Kier molecular flexibility index (Phi) is 3.99. The predicted molar refractivity (Wildman–Crippen MR) is 79.9 cm³/mol. The number of nitrogens with two attached hydrogens (primary N) is 1. The molecule has 1 aliphatic heterocycles. The molecule has 0 amide bonds. The van der Waals surface area contributed by atoms with Crippen LogP contribution in [0.25, 0.3) is 0 Å². The van der Waals surface area contributed by atoms with E-state index in [1.54, 1.807) is 18.2 Å². The number of rotatable bonds is 3. The van der Waals surface area contributed by atoms with Crippen molar-refractivity contribution in [1.29, 1.82) is 0 Å². The number of hydrogen-bond acceptors (Lipinski definition) is 3. The van der Waals surface area contributed by atoms with Gasteiger partial charge in [-0.3, -0.25) is 4.99 Å². The van der Waals surface area contributed by atoms with Crippen LogP contribution < -0.4 is 20.5 Å². The molecular weight excluding hydrogens is 311 g/mol. The van der Waals surface area contributed by atoms with Crippen molar-refractivity contribution in [3.8, 4) is 11.5 Å². The van der Waals surface area contributed by atoms with Gasteiger partial charge in [0.1, 0.15) is 0 Å². The highest BCUT2D eigenvalue weighted by molar-refractivity contribution is 5.92. The molecule has 0 spiro atoms. The molecule has 126 valence electrons. The van der Waals surface area contributed by atoms with Crippen molar-refractivity contribution in [2.75, 3.05) is 25.1 Å². The molecule has 1 aromatic rings. The number of nitrogens with one attached hydrogen (secondary N) is 1. The van der Waals surface area contributed by atoms with Crippen LogP contribution in [0.15, 0.2) is 23.2 Å².